The quantitative estimate of drug-likeness (QED) is 0.783. The van der Waals surface area contributed by atoms with E-state index in [1.807, 2.05) is 41.8 Å². The first kappa shape index (κ1) is 12.7. The molecule has 0 aliphatic heterocycles. The maximum Gasteiger partial charge on any atom is 0.127 e. The highest BCUT2D eigenvalue weighted by molar-refractivity contribution is 7.13. The van der Waals surface area contributed by atoms with Crippen molar-refractivity contribution in [3.05, 3.63) is 53.9 Å². The summed E-state index contributed by atoms with van der Waals surface area (Å²) in [5.41, 5.74) is 2.69. The minimum absolute atomic E-state index is 0.253. The van der Waals surface area contributed by atoms with Gasteiger partial charge in [-0.25, -0.2) is 4.98 Å². The third kappa shape index (κ3) is 2.38. The Bertz CT molecular complexity index is 719. The second-order valence-corrected chi connectivity index (χ2v) is 5.14. The van der Waals surface area contributed by atoms with Crippen LogP contribution >= 0.6 is 11.3 Å². The van der Waals surface area contributed by atoms with Crippen LogP contribution in [-0.2, 0) is 0 Å². The number of para-hydroxylation sites is 1. The van der Waals surface area contributed by atoms with Crippen molar-refractivity contribution in [2.24, 2.45) is 0 Å². The number of benzene rings is 2. The van der Waals surface area contributed by atoms with Crippen LogP contribution in [0.3, 0.4) is 0 Å². The molecule has 20 heavy (non-hydrogen) atoms. The summed E-state index contributed by atoms with van der Waals surface area (Å²) in [6.07, 6.45) is 0. The van der Waals surface area contributed by atoms with Gasteiger partial charge in [0.15, 0.2) is 0 Å². The molecule has 1 heterocycles. The van der Waals surface area contributed by atoms with Crippen LogP contribution in [0.25, 0.3) is 21.8 Å². The molecule has 0 radical (unpaired) electrons. The molecule has 3 nitrogen and oxygen atoms in total. The van der Waals surface area contributed by atoms with E-state index < -0.39 is 0 Å². The predicted molar refractivity (Wildman–Crippen MR) is 81.2 cm³/mol. The molecule has 3 rings (SSSR count). The molecule has 0 atom stereocenters. The molecule has 0 bridgehead atoms. The average Bonchev–Trinajstić information content (AvgIpc) is 2.97. The van der Waals surface area contributed by atoms with Crippen molar-refractivity contribution >= 4 is 11.3 Å². The van der Waals surface area contributed by atoms with Gasteiger partial charge in [-0.3, -0.25) is 0 Å². The van der Waals surface area contributed by atoms with E-state index in [0.717, 1.165) is 27.6 Å². The van der Waals surface area contributed by atoms with Crippen molar-refractivity contribution in [3.63, 3.8) is 0 Å². The number of thiazole rings is 1. The Kier molecular flexibility index (Phi) is 3.39. The van der Waals surface area contributed by atoms with Gasteiger partial charge in [-0.05, 0) is 36.4 Å². The monoisotopic (exact) mass is 283 g/mol. The fraction of sp³-hybridized carbons (Fsp3) is 0.0625. The minimum Gasteiger partial charge on any atom is -0.507 e. The molecule has 0 unspecified atom stereocenters. The summed E-state index contributed by atoms with van der Waals surface area (Å²) in [7, 11) is 1.65. The number of phenolic OH excluding ortho intramolecular Hbond substituents is 1. The maximum absolute atomic E-state index is 9.86. The van der Waals surface area contributed by atoms with Crippen molar-refractivity contribution in [1.82, 2.24) is 4.98 Å². The summed E-state index contributed by atoms with van der Waals surface area (Å²) in [6, 6.07) is 15.0. The number of nitrogens with zero attached hydrogens (tertiary/aromatic N) is 1. The topological polar surface area (TPSA) is 42.4 Å². The second-order valence-electron chi connectivity index (χ2n) is 4.28. The summed E-state index contributed by atoms with van der Waals surface area (Å²) in [6.45, 7) is 0. The zero-order valence-electron chi connectivity index (χ0n) is 10.9. The Balaban J connectivity index is 1.95. The first-order chi connectivity index (χ1) is 9.78. The lowest BCUT2D eigenvalue weighted by atomic mass is 10.1. The van der Waals surface area contributed by atoms with Gasteiger partial charge in [-0.15, -0.1) is 11.3 Å². The molecule has 1 N–H and O–H groups in total. The SMILES string of the molecule is COc1ccc(-c2csc(-c3ccccc3O)n2)cc1. The fourth-order valence-corrected chi connectivity index (χ4v) is 2.81. The molecule has 3 aromatic rings. The van der Waals surface area contributed by atoms with Gasteiger partial charge in [-0.1, -0.05) is 12.1 Å². The normalized spacial score (nSPS) is 10.4. The van der Waals surface area contributed by atoms with E-state index in [1.165, 1.54) is 11.3 Å². The van der Waals surface area contributed by atoms with Gasteiger partial charge < -0.3 is 9.84 Å². The molecular weight excluding hydrogens is 270 g/mol. The van der Waals surface area contributed by atoms with Crippen LogP contribution in [0, 0.1) is 0 Å². The van der Waals surface area contributed by atoms with Gasteiger partial charge >= 0.3 is 0 Å². The van der Waals surface area contributed by atoms with Gasteiger partial charge in [0, 0.05) is 10.9 Å². The zero-order valence-corrected chi connectivity index (χ0v) is 11.7. The molecule has 0 spiro atoms. The number of methoxy groups -OCH3 is 1. The molecule has 0 fully saturated rings. The highest BCUT2D eigenvalue weighted by Gasteiger charge is 2.09. The number of aromatic nitrogens is 1. The van der Waals surface area contributed by atoms with Gasteiger partial charge in [0.2, 0.25) is 0 Å². The Morgan fingerprint density at radius 1 is 1.05 bits per heavy atom. The molecule has 0 saturated heterocycles. The number of rotatable bonds is 3. The standard InChI is InChI=1S/C16H13NO2S/c1-19-12-8-6-11(7-9-12)14-10-20-16(17-14)13-4-2-3-5-15(13)18/h2-10,18H,1H3. The molecule has 1 aromatic heterocycles. The van der Waals surface area contributed by atoms with Crippen LogP contribution in [-0.4, -0.2) is 17.2 Å². The van der Waals surface area contributed by atoms with Crippen LogP contribution in [0.2, 0.25) is 0 Å². The van der Waals surface area contributed by atoms with Crippen LogP contribution in [0.5, 0.6) is 11.5 Å². The first-order valence-corrected chi connectivity index (χ1v) is 7.04. The third-order valence-corrected chi connectivity index (χ3v) is 3.90. The lowest BCUT2D eigenvalue weighted by Gasteiger charge is -2.01. The van der Waals surface area contributed by atoms with Gasteiger partial charge in [-0.2, -0.15) is 0 Å². The molecule has 0 saturated carbocycles. The van der Waals surface area contributed by atoms with E-state index in [1.54, 1.807) is 19.2 Å². The number of phenols is 1. The van der Waals surface area contributed by atoms with Gasteiger partial charge in [0.25, 0.3) is 0 Å². The largest absolute Gasteiger partial charge is 0.507 e. The highest BCUT2D eigenvalue weighted by Crippen LogP contribution is 2.34. The molecule has 0 aliphatic rings. The fourth-order valence-electron chi connectivity index (χ4n) is 1.95. The minimum atomic E-state index is 0.253. The van der Waals surface area contributed by atoms with Crippen molar-refractivity contribution in [1.29, 1.82) is 0 Å². The van der Waals surface area contributed by atoms with E-state index in [0.29, 0.717) is 0 Å². The van der Waals surface area contributed by atoms with E-state index in [4.69, 9.17) is 4.74 Å². The summed E-state index contributed by atoms with van der Waals surface area (Å²) < 4.78 is 5.14. The van der Waals surface area contributed by atoms with E-state index >= 15 is 0 Å². The molecule has 100 valence electrons. The van der Waals surface area contributed by atoms with E-state index in [9.17, 15) is 5.11 Å². The Labute approximate surface area is 121 Å². The van der Waals surface area contributed by atoms with Crippen molar-refractivity contribution in [3.8, 4) is 33.3 Å². The Morgan fingerprint density at radius 3 is 2.50 bits per heavy atom. The van der Waals surface area contributed by atoms with Crippen LogP contribution in [0.15, 0.2) is 53.9 Å². The summed E-state index contributed by atoms with van der Waals surface area (Å²) in [5, 5.41) is 12.7. The molecule has 0 aliphatic carbocycles. The van der Waals surface area contributed by atoms with Crippen LogP contribution in [0.1, 0.15) is 0 Å². The summed E-state index contributed by atoms with van der Waals surface area (Å²) in [5.74, 6) is 1.08. The second kappa shape index (κ2) is 5.35. The number of hydrogen-bond donors (Lipinski definition) is 1. The predicted octanol–water partition coefficient (Wildman–Crippen LogP) is 4.19. The third-order valence-electron chi connectivity index (χ3n) is 3.02. The number of hydrogen-bond acceptors (Lipinski definition) is 4. The Morgan fingerprint density at radius 2 is 1.80 bits per heavy atom. The lowest BCUT2D eigenvalue weighted by molar-refractivity contribution is 0.415. The van der Waals surface area contributed by atoms with Crippen LogP contribution in [0.4, 0.5) is 0 Å². The molecule has 2 aromatic carbocycles. The molecule has 4 heteroatoms. The van der Waals surface area contributed by atoms with Crippen molar-refractivity contribution in [2.75, 3.05) is 7.11 Å². The number of aromatic hydroxyl groups is 1. The summed E-state index contributed by atoms with van der Waals surface area (Å²) in [4.78, 5) is 4.58. The van der Waals surface area contributed by atoms with Crippen molar-refractivity contribution < 1.29 is 9.84 Å². The highest BCUT2D eigenvalue weighted by atomic mass is 32.1. The number of ether oxygens (including phenoxy) is 1. The maximum atomic E-state index is 9.86. The first-order valence-electron chi connectivity index (χ1n) is 6.16. The van der Waals surface area contributed by atoms with Gasteiger partial charge in [0.1, 0.15) is 16.5 Å². The smallest absolute Gasteiger partial charge is 0.127 e. The molecule has 0 amide bonds. The lowest BCUT2D eigenvalue weighted by Crippen LogP contribution is -1.83. The van der Waals surface area contributed by atoms with Gasteiger partial charge in [0.05, 0.1) is 18.4 Å². The van der Waals surface area contributed by atoms with Crippen molar-refractivity contribution in [2.45, 2.75) is 0 Å². The Hall–Kier alpha value is -2.33. The van der Waals surface area contributed by atoms with E-state index in [-0.39, 0.29) is 5.75 Å². The van der Waals surface area contributed by atoms with Crippen LogP contribution < -0.4 is 4.74 Å². The molecular formula is C16H13NO2S. The zero-order chi connectivity index (χ0) is 13.9. The summed E-state index contributed by atoms with van der Waals surface area (Å²) >= 11 is 1.52. The van der Waals surface area contributed by atoms with E-state index in [2.05, 4.69) is 4.98 Å². The average molecular weight is 283 g/mol.